The summed E-state index contributed by atoms with van der Waals surface area (Å²) in [6, 6.07) is 15.7. The molecule has 1 atom stereocenters. The van der Waals surface area contributed by atoms with Gasteiger partial charge in [0, 0.05) is 21.4 Å². The Kier molecular flexibility index (Phi) is 5.22. The quantitative estimate of drug-likeness (QED) is 0.601. The summed E-state index contributed by atoms with van der Waals surface area (Å²) in [5.41, 5.74) is 4.14. The van der Waals surface area contributed by atoms with E-state index in [-0.39, 0.29) is 5.91 Å². The van der Waals surface area contributed by atoms with Crippen LogP contribution in [-0.2, 0) is 32.5 Å². The Morgan fingerprint density at radius 2 is 1.74 bits per heavy atom. The molecule has 1 aliphatic carbocycles. The van der Waals surface area contributed by atoms with E-state index in [1.165, 1.54) is 0 Å². The van der Waals surface area contributed by atoms with Crippen molar-refractivity contribution in [1.82, 2.24) is 9.78 Å². The van der Waals surface area contributed by atoms with Crippen LogP contribution in [-0.4, -0.2) is 19.9 Å². The number of aromatic nitrogens is 2. The fourth-order valence-electron chi connectivity index (χ4n) is 4.75. The largest absolute Gasteiger partial charge is 0.310 e. The van der Waals surface area contributed by atoms with Gasteiger partial charge in [-0.2, -0.15) is 5.10 Å². The molecule has 1 unspecified atom stereocenters. The zero-order chi connectivity index (χ0) is 21.6. The molecule has 1 saturated carbocycles. The number of aryl methyl sites for hydroxylation is 1. The molecule has 1 aromatic heterocycles. The van der Waals surface area contributed by atoms with Crippen LogP contribution in [0.4, 0.5) is 5.82 Å². The minimum atomic E-state index is -0.974. The summed E-state index contributed by atoms with van der Waals surface area (Å²) in [4.78, 5) is 13.8. The molecule has 1 fully saturated rings. The van der Waals surface area contributed by atoms with Crippen molar-refractivity contribution >= 4 is 34.1 Å². The highest BCUT2D eigenvalue weighted by molar-refractivity contribution is 7.83. The Morgan fingerprint density at radius 3 is 2.42 bits per heavy atom. The van der Waals surface area contributed by atoms with Gasteiger partial charge in [0.1, 0.15) is 5.82 Å². The van der Waals surface area contributed by atoms with Crippen LogP contribution < -0.4 is 5.32 Å². The van der Waals surface area contributed by atoms with E-state index >= 15 is 0 Å². The van der Waals surface area contributed by atoms with Crippen LogP contribution in [0.2, 0.25) is 5.02 Å². The van der Waals surface area contributed by atoms with E-state index in [1.807, 2.05) is 55.5 Å². The molecule has 5 rings (SSSR count). The molecule has 7 heteroatoms. The minimum absolute atomic E-state index is 0.0268. The van der Waals surface area contributed by atoms with Crippen molar-refractivity contribution in [3.05, 3.63) is 75.9 Å². The number of carbonyl (C=O) groups is 1. The van der Waals surface area contributed by atoms with E-state index in [4.69, 9.17) is 16.7 Å². The molecule has 0 radical (unpaired) electrons. The van der Waals surface area contributed by atoms with E-state index < -0.39 is 16.2 Å². The lowest BCUT2D eigenvalue weighted by Crippen LogP contribution is -2.38. The number of hydrogen-bond acceptors (Lipinski definition) is 3. The number of nitrogens with zero attached hydrogens (tertiary/aromatic N) is 2. The highest BCUT2D eigenvalue weighted by Crippen LogP contribution is 2.43. The standard InChI is InChI=1S/C24H24ClN3O2S/c1-16-4-10-19(11-5-16)28-22(20-14-31(30)15-21(20)27-28)26-23(29)24(12-2-3-13-24)17-6-8-18(25)9-7-17/h4-11H,2-3,12-15H2,1H3,(H,26,29). The molecular weight excluding hydrogens is 430 g/mol. The SMILES string of the molecule is Cc1ccc(-n2nc3c(c2NC(=O)C2(c4ccc(Cl)cc4)CCCC2)CS(=O)C3)cc1. The van der Waals surface area contributed by atoms with Crippen molar-refractivity contribution < 1.29 is 9.00 Å². The van der Waals surface area contributed by atoms with Crippen LogP contribution in [0, 0.1) is 6.92 Å². The average molecular weight is 454 g/mol. The number of hydrogen-bond donors (Lipinski definition) is 1. The van der Waals surface area contributed by atoms with Gasteiger partial charge in [0.15, 0.2) is 0 Å². The van der Waals surface area contributed by atoms with E-state index in [2.05, 4.69) is 5.32 Å². The Labute approximate surface area is 189 Å². The maximum absolute atomic E-state index is 13.8. The lowest BCUT2D eigenvalue weighted by atomic mass is 9.78. The fourth-order valence-corrected chi connectivity index (χ4v) is 6.14. The molecule has 1 amide bonds. The Hall–Kier alpha value is -2.44. The second-order valence-corrected chi connectivity index (χ2v) is 10.4. The van der Waals surface area contributed by atoms with Gasteiger partial charge in [-0.1, -0.05) is 54.3 Å². The van der Waals surface area contributed by atoms with Crippen molar-refractivity contribution in [2.24, 2.45) is 0 Å². The summed E-state index contributed by atoms with van der Waals surface area (Å²) in [6.07, 6.45) is 3.62. The topological polar surface area (TPSA) is 64.0 Å². The maximum Gasteiger partial charge on any atom is 0.236 e. The van der Waals surface area contributed by atoms with Gasteiger partial charge in [0.25, 0.3) is 0 Å². The van der Waals surface area contributed by atoms with Gasteiger partial charge in [-0.05, 0) is 49.6 Å². The monoisotopic (exact) mass is 453 g/mol. The summed E-state index contributed by atoms with van der Waals surface area (Å²) in [7, 11) is -0.974. The van der Waals surface area contributed by atoms with Crippen molar-refractivity contribution in [2.45, 2.75) is 49.5 Å². The van der Waals surface area contributed by atoms with Crippen molar-refractivity contribution in [3.8, 4) is 5.69 Å². The van der Waals surface area contributed by atoms with Gasteiger partial charge in [-0.25, -0.2) is 4.68 Å². The summed E-state index contributed by atoms with van der Waals surface area (Å²) in [5.74, 6) is 1.47. The third kappa shape index (κ3) is 3.62. The number of nitrogens with one attached hydrogen (secondary N) is 1. The number of carbonyl (C=O) groups excluding carboxylic acids is 1. The molecule has 0 bridgehead atoms. The number of fused-ring (bicyclic) bond motifs is 1. The number of benzene rings is 2. The second kappa shape index (κ2) is 7.92. The molecule has 0 spiro atoms. The van der Waals surface area contributed by atoms with Crippen molar-refractivity contribution in [1.29, 1.82) is 0 Å². The first-order valence-electron chi connectivity index (χ1n) is 10.6. The first-order chi connectivity index (χ1) is 15.0. The molecule has 2 heterocycles. The Morgan fingerprint density at radius 1 is 1.06 bits per heavy atom. The minimum Gasteiger partial charge on any atom is -0.310 e. The van der Waals surface area contributed by atoms with Crippen LogP contribution in [0.3, 0.4) is 0 Å². The number of amides is 1. The number of halogens is 1. The highest BCUT2D eigenvalue weighted by Gasteiger charge is 2.43. The first-order valence-corrected chi connectivity index (χ1v) is 12.4. The highest BCUT2D eigenvalue weighted by atomic mass is 35.5. The first kappa shape index (κ1) is 20.5. The second-order valence-electron chi connectivity index (χ2n) is 8.50. The third-order valence-corrected chi connectivity index (χ3v) is 7.93. The van der Waals surface area contributed by atoms with Crippen LogP contribution in [0.25, 0.3) is 5.69 Å². The van der Waals surface area contributed by atoms with Gasteiger partial charge in [-0.15, -0.1) is 0 Å². The summed E-state index contributed by atoms with van der Waals surface area (Å²) >= 11 is 6.09. The Balaban J connectivity index is 1.55. The molecule has 0 saturated heterocycles. The van der Waals surface area contributed by atoms with E-state index in [9.17, 15) is 9.00 Å². The molecule has 3 aromatic rings. The molecule has 5 nitrogen and oxygen atoms in total. The van der Waals surface area contributed by atoms with Gasteiger partial charge in [0.05, 0.1) is 28.3 Å². The predicted molar refractivity (Wildman–Crippen MR) is 124 cm³/mol. The smallest absolute Gasteiger partial charge is 0.236 e. The zero-order valence-electron chi connectivity index (χ0n) is 17.4. The van der Waals surface area contributed by atoms with Gasteiger partial charge in [0.2, 0.25) is 5.91 Å². The van der Waals surface area contributed by atoms with Crippen LogP contribution in [0.15, 0.2) is 48.5 Å². The number of rotatable bonds is 4. The fraction of sp³-hybridized carbons (Fsp3) is 0.333. The van der Waals surface area contributed by atoms with E-state index in [1.54, 1.807) is 4.68 Å². The molecular formula is C24H24ClN3O2S. The van der Waals surface area contributed by atoms with E-state index in [0.29, 0.717) is 22.3 Å². The summed E-state index contributed by atoms with van der Waals surface area (Å²) in [5, 5.41) is 8.60. The zero-order valence-corrected chi connectivity index (χ0v) is 18.9. The maximum atomic E-state index is 13.8. The van der Waals surface area contributed by atoms with Crippen molar-refractivity contribution in [2.75, 3.05) is 5.32 Å². The lowest BCUT2D eigenvalue weighted by Gasteiger charge is -2.28. The molecule has 1 N–H and O–H groups in total. The van der Waals surface area contributed by atoms with E-state index in [0.717, 1.165) is 53.8 Å². The molecule has 1 aliphatic heterocycles. The molecule has 2 aliphatic rings. The van der Waals surface area contributed by atoms with Gasteiger partial charge in [-0.3, -0.25) is 9.00 Å². The van der Waals surface area contributed by atoms with Crippen LogP contribution >= 0.6 is 11.6 Å². The average Bonchev–Trinajstić information content (AvgIpc) is 3.46. The van der Waals surface area contributed by atoms with Crippen LogP contribution in [0.5, 0.6) is 0 Å². The lowest BCUT2D eigenvalue weighted by molar-refractivity contribution is -0.121. The van der Waals surface area contributed by atoms with Gasteiger partial charge < -0.3 is 5.32 Å². The van der Waals surface area contributed by atoms with Crippen molar-refractivity contribution in [3.63, 3.8) is 0 Å². The molecule has 31 heavy (non-hydrogen) atoms. The van der Waals surface area contributed by atoms with Crippen LogP contribution in [0.1, 0.15) is 48.1 Å². The molecule has 160 valence electrons. The summed E-state index contributed by atoms with van der Waals surface area (Å²) in [6.45, 7) is 2.04. The Bertz CT molecular complexity index is 1160. The number of anilines is 1. The summed E-state index contributed by atoms with van der Waals surface area (Å²) < 4.78 is 14.0. The van der Waals surface area contributed by atoms with Gasteiger partial charge >= 0.3 is 0 Å². The predicted octanol–water partition coefficient (Wildman–Crippen LogP) is 5.05. The third-order valence-electron chi connectivity index (χ3n) is 6.47. The normalized spacial score (nSPS) is 19.4. The molecule has 2 aromatic carbocycles.